The summed E-state index contributed by atoms with van der Waals surface area (Å²) in [5.41, 5.74) is 0.904. The normalized spacial score (nSPS) is 20.8. The number of aliphatic hydroxyl groups excluding tert-OH is 1. The lowest BCUT2D eigenvalue weighted by Gasteiger charge is -2.24. The van der Waals surface area contributed by atoms with Crippen molar-refractivity contribution in [1.82, 2.24) is 10.6 Å². The molecule has 5 nitrogen and oxygen atoms in total. The summed E-state index contributed by atoms with van der Waals surface area (Å²) in [7, 11) is 0. The highest BCUT2D eigenvalue weighted by atomic mass is 16.5. The second-order valence-corrected chi connectivity index (χ2v) is 4.61. The van der Waals surface area contributed by atoms with Crippen LogP contribution in [0.1, 0.15) is 18.0 Å². The first-order valence-electron chi connectivity index (χ1n) is 6.57. The van der Waals surface area contributed by atoms with Gasteiger partial charge in [0.1, 0.15) is 0 Å². The van der Waals surface area contributed by atoms with Gasteiger partial charge in [0, 0.05) is 13.1 Å². The predicted molar refractivity (Wildman–Crippen MR) is 71.6 cm³/mol. The van der Waals surface area contributed by atoms with Crippen molar-refractivity contribution < 1.29 is 14.6 Å². The summed E-state index contributed by atoms with van der Waals surface area (Å²) in [6.45, 7) is 2.06. The van der Waals surface area contributed by atoms with E-state index in [1.165, 1.54) is 0 Å². The van der Waals surface area contributed by atoms with Gasteiger partial charge in [-0.3, -0.25) is 4.79 Å². The van der Waals surface area contributed by atoms with Crippen LogP contribution in [0.5, 0.6) is 0 Å². The predicted octanol–water partition coefficient (Wildman–Crippen LogP) is 0.215. The van der Waals surface area contributed by atoms with Crippen LogP contribution in [0, 0.1) is 0 Å². The molecule has 1 saturated heterocycles. The van der Waals surface area contributed by atoms with E-state index in [1.807, 2.05) is 30.3 Å². The van der Waals surface area contributed by atoms with Crippen molar-refractivity contribution in [2.75, 3.05) is 26.3 Å². The van der Waals surface area contributed by atoms with Crippen LogP contribution in [0.15, 0.2) is 30.3 Å². The van der Waals surface area contributed by atoms with Crippen LogP contribution in [0.3, 0.4) is 0 Å². The highest BCUT2D eigenvalue weighted by Gasteiger charge is 2.19. The summed E-state index contributed by atoms with van der Waals surface area (Å²) in [4.78, 5) is 11.9. The van der Waals surface area contributed by atoms with Crippen LogP contribution in [0.25, 0.3) is 0 Å². The molecule has 1 unspecified atom stereocenters. The van der Waals surface area contributed by atoms with Crippen LogP contribution in [-0.2, 0) is 9.53 Å². The van der Waals surface area contributed by atoms with Crippen LogP contribution in [0.4, 0.5) is 0 Å². The first-order valence-corrected chi connectivity index (χ1v) is 6.57. The first kappa shape index (κ1) is 14.0. The Hall–Kier alpha value is -1.43. The van der Waals surface area contributed by atoms with Gasteiger partial charge in [0.15, 0.2) is 0 Å². The smallest absolute Gasteiger partial charge is 0.223 e. The maximum absolute atomic E-state index is 11.9. The van der Waals surface area contributed by atoms with Gasteiger partial charge in [0.2, 0.25) is 5.91 Å². The molecule has 0 aliphatic carbocycles. The lowest BCUT2D eigenvalue weighted by atomic mass is 10.1. The topological polar surface area (TPSA) is 70.6 Å². The first-order chi connectivity index (χ1) is 9.29. The Morgan fingerprint density at radius 3 is 2.89 bits per heavy atom. The Balaban J connectivity index is 1.85. The van der Waals surface area contributed by atoms with Crippen molar-refractivity contribution in [2.45, 2.75) is 18.6 Å². The van der Waals surface area contributed by atoms with Gasteiger partial charge in [-0.2, -0.15) is 0 Å². The highest BCUT2D eigenvalue weighted by Crippen LogP contribution is 2.12. The maximum Gasteiger partial charge on any atom is 0.223 e. The lowest BCUT2D eigenvalue weighted by Crippen LogP contribution is -2.42. The van der Waals surface area contributed by atoms with Gasteiger partial charge in [-0.15, -0.1) is 0 Å². The van der Waals surface area contributed by atoms with Gasteiger partial charge in [0.05, 0.1) is 31.8 Å². The number of benzene rings is 1. The molecule has 1 fully saturated rings. The Bertz CT molecular complexity index is 391. The summed E-state index contributed by atoms with van der Waals surface area (Å²) in [5, 5.41) is 15.4. The van der Waals surface area contributed by atoms with Gasteiger partial charge < -0.3 is 20.5 Å². The van der Waals surface area contributed by atoms with Crippen LogP contribution >= 0.6 is 0 Å². The van der Waals surface area contributed by atoms with E-state index in [-0.39, 0.29) is 24.7 Å². The number of aliphatic hydroxyl groups is 1. The second-order valence-electron chi connectivity index (χ2n) is 4.61. The molecule has 2 atom stereocenters. The molecular formula is C14H20N2O3. The van der Waals surface area contributed by atoms with E-state index in [1.54, 1.807) is 0 Å². The summed E-state index contributed by atoms with van der Waals surface area (Å²) in [5.74, 6) is -0.100. The third-order valence-corrected chi connectivity index (χ3v) is 3.14. The fourth-order valence-corrected chi connectivity index (χ4v) is 2.13. The largest absolute Gasteiger partial charge is 0.394 e. The molecule has 0 saturated carbocycles. The number of rotatable bonds is 5. The fourth-order valence-electron chi connectivity index (χ4n) is 2.13. The molecule has 1 aliphatic heterocycles. The average molecular weight is 264 g/mol. The number of ether oxygens (including phenoxy) is 1. The molecule has 0 spiro atoms. The number of hydrogen-bond acceptors (Lipinski definition) is 4. The zero-order chi connectivity index (χ0) is 13.5. The summed E-state index contributed by atoms with van der Waals surface area (Å²) >= 11 is 0. The van der Waals surface area contributed by atoms with E-state index in [2.05, 4.69) is 10.6 Å². The van der Waals surface area contributed by atoms with Crippen molar-refractivity contribution in [1.29, 1.82) is 0 Å². The lowest BCUT2D eigenvalue weighted by molar-refractivity contribution is -0.125. The number of carbonyl (C=O) groups is 1. The third-order valence-electron chi connectivity index (χ3n) is 3.14. The van der Waals surface area contributed by atoms with Gasteiger partial charge in [-0.25, -0.2) is 0 Å². The molecule has 1 amide bonds. The van der Waals surface area contributed by atoms with Gasteiger partial charge in [0.25, 0.3) is 0 Å². The van der Waals surface area contributed by atoms with Crippen LogP contribution in [0.2, 0.25) is 0 Å². The third kappa shape index (κ3) is 4.31. The molecule has 0 bridgehead atoms. The van der Waals surface area contributed by atoms with Crippen molar-refractivity contribution in [3.63, 3.8) is 0 Å². The SMILES string of the molecule is O=C(CC1CNCCO1)N[C@H](CO)c1ccccc1. The Kier molecular flexibility index (Phi) is 5.32. The van der Waals surface area contributed by atoms with Crippen molar-refractivity contribution in [3.05, 3.63) is 35.9 Å². The molecular weight excluding hydrogens is 244 g/mol. The highest BCUT2D eigenvalue weighted by molar-refractivity contribution is 5.77. The Labute approximate surface area is 113 Å². The molecule has 1 aliphatic rings. The van der Waals surface area contributed by atoms with E-state index in [0.29, 0.717) is 19.6 Å². The summed E-state index contributed by atoms with van der Waals surface area (Å²) in [6, 6.07) is 9.10. The molecule has 0 radical (unpaired) electrons. The van der Waals surface area contributed by atoms with Crippen molar-refractivity contribution in [3.8, 4) is 0 Å². The molecule has 104 valence electrons. The van der Waals surface area contributed by atoms with E-state index in [9.17, 15) is 9.90 Å². The van der Waals surface area contributed by atoms with Gasteiger partial charge in [-0.05, 0) is 5.56 Å². The Morgan fingerprint density at radius 1 is 1.47 bits per heavy atom. The molecule has 5 heteroatoms. The molecule has 1 heterocycles. The zero-order valence-electron chi connectivity index (χ0n) is 10.8. The molecule has 0 aromatic heterocycles. The summed E-state index contributed by atoms with van der Waals surface area (Å²) in [6.07, 6.45) is 0.236. The Morgan fingerprint density at radius 2 is 2.26 bits per heavy atom. The van der Waals surface area contributed by atoms with Crippen molar-refractivity contribution in [2.24, 2.45) is 0 Å². The summed E-state index contributed by atoms with van der Waals surface area (Å²) < 4.78 is 5.48. The van der Waals surface area contributed by atoms with E-state index >= 15 is 0 Å². The van der Waals surface area contributed by atoms with Gasteiger partial charge >= 0.3 is 0 Å². The minimum atomic E-state index is -0.356. The molecule has 1 aromatic rings. The second kappa shape index (κ2) is 7.23. The minimum absolute atomic E-state index is 0.0798. The molecule has 2 rings (SSSR count). The average Bonchev–Trinajstić information content (AvgIpc) is 2.47. The minimum Gasteiger partial charge on any atom is -0.394 e. The van der Waals surface area contributed by atoms with E-state index < -0.39 is 0 Å². The van der Waals surface area contributed by atoms with Crippen LogP contribution < -0.4 is 10.6 Å². The maximum atomic E-state index is 11.9. The fraction of sp³-hybridized carbons (Fsp3) is 0.500. The zero-order valence-corrected chi connectivity index (χ0v) is 10.8. The molecule has 19 heavy (non-hydrogen) atoms. The molecule has 1 aromatic carbocycles. The van der Waals surface area contributed by atoms with E-state index in [4.69, 9.17) is 4.74 Å². The standard InChI is InChI=1S/C14H20N2O3/c17-10-13(11-4-2-1-3-5-11)16-14(18)8-12-9-15-6-7-19-12/h1-5,12-13,15,17H,6-10H2,(H,16,18)/t12?,13-/m1/s1. The number of nitrogens with one attached hydrogen (secondary N) is 2. The number of morpholine rings is 1. The van der Waals surface area contributed by atoms with E-state index in [0.717, 1.165) is 12.1 Å². The van der Waals surface area contributed by atoms with Crippen molar-refractivity contribution >= 4 is 5.91 Å². The monoisotopic (exact) mass is 264 g/mol. The number of carbonyl (C=O) groups excluding carboxylic acids is 1. The van der Waals surface area contributed by atoms with Crippen LogP contribution in [-0.4, -0.2) is 43.4 Å². The number of amides is 1. The molecule has 3 N–H and O–H groups in total. The van der Waals surface area contributed by atoms with Gasteiger partial charge in [-0.1, -0.05) is 30.3 Å². The quantitative estimate of drug-likeness (QED) is 0.711. The number of hydrogen-bond donors (Lipinski definition) is 3.